The van der Waals surface area contributed by atoms with Gasteiger partial charge in [-0.3, -0.25) is 14.5 Å². The van der Waals surface area contributed by atoms with E-state index in [-0.39, 0.29) is 36.5 Å². The minimum atomic E-state index is -0.487. The molecule has 0 radical (unpaired) electrons. The van der Waals surface area contributed by atoms with Crippen molar-refractivity contribution in [1.29, 1.82) is 0 Å². The Morgan fingerprint density at radius 1 is 1.07 bits per heavy atom. The number of amides is 2. The number of aliphatic hydroxyl groups excluding tert-OH is 1. The van der Waals surface area contributed by atoms with Gasteiger partial charge in [0.25, 0.3) is 11.8 Å². The van der Waals surface area contributed by atoms with Crippen molar-refractivity contribution in [3.8, 4) is 0 Å². The minimum Gasteiger partial charge on any atom is -0.395 e. The molecule has 28 heavy (non-hydrogen) atoms. The van der Waals surface area contributed by atoms with Gasteiger partial charge in [-0.1, -0.05) is 42.0 Å². The standard InChI is InChI=1S/C22H23FN2O3/c1-14-8-9-17(15(2)12-14)19-20(24(3)10-11-26)22(28)25(21(19)27)13-16-6-4-5-7-18(16)23/h4-9,12,26H,10-11,13H2,1-3H3. The van der Waals surface area contributed by atoms with Gasteiger partial charge in [0.15, 0.2) is 0 Å². The van der Waals surface area contributed by atoms with Crippen molar-refractivity contribution in [2.75, 3.05) is 20.2 Å². The Labute approximate surface area is 163 Å². The van der Waals surface area contributed by atoms with Crippen LogP contribution in [0, 0.1) is 19.7 Å². The van der Waals surface area contributed by atoms with E-state index in [1.54, 1.807) is 30.1 Å². The number of benzene rings is 2. The maximum absolute atomic E-state index is 14.1. The van der Waals surface area contributed by atoms with Crippen LogP contribution >= 0.6 is 0 Å². The highest BCUT2D eigenvalue weighted by Gasteiger charge is 2.41. The fourth-order valence-corrected chi connectivity index (χ4v) is 3.46. The normalized spacial score (nSPS) is 14.2. The van der Waals surface area contributed by atoms with Gasteiger partial charge in [-0.25, -0.2) is 4.39 Å². The molecule has 3 rings (SSSR count). The van der Waals surface area contributed by atoms with Crippen molar-refractivity contribution in [3.05, 3.63) is 76.2 Å². The fourth-order valence-electron chi connectivity index (χ4n) is 3.46. The van der Waals surface area contributed by atoms with Crippen LogP contribution in [-0.2, 0) is 16.1 Å². The minimum absolute atomic E-state index is 0.144. The number of rotatable bonds is 6. The molecule has 2 aromatic carbocycles. The molecule has 0 aromatic heterocycles. The highest BCUT2D eigenvalue weighted by Crippen LogP contribution is 2.34. The van der Waals surface area contributed by atoms with Crippen LogP contribution in [0.15, 0.2) is 48.2 Å². The van der Waals surface area contributed by atoms with E-state index in [4.69, 9.17) is 0 Å². The van der Waals surface area contributed by atoms with Crippen molar-refractivity contribution in [2.45, 2.75) is 20.4 Å². The molecule has 1 aliphatic rings. The fraction of sp³-hybridized carbons (Fsp3) is 0.273. The molecule has 1 heterocycles. The average Bonchev–Trinajstić information content (AvgIpc) is 2.88. The third-order valence-corrected chi connectivity index (χ3v) is 4.90. The summed E-state index contributed by atoms with van der Waals surface area (Å²) in [6.07, 6.45) is 0. The Bertz CT molecular complexity index is 968. The second-order valence-electron chi connectivity index (χ2n) is 6.98. The lowest BCUT2D eigenvalue weighted by molar-refractivity contribution is -0.138. The van der Waals surface area contributed by atoms with E-state index in [0.29, 0.717) is 5.56 Å². The summed E-state index contributed by atoms with van der Waals surface area (Å²) in [5.41, 5.74) is 3.37. The van der Waals surface area contributed by atoms with Crippen LogP contribution in [0.3, 0.4) is 0 Å². The summed E-state index contributed by atoms with van der Waals surface area (Å²) in [5, 5.41) is 9.31. The predicted molar refractivity (Wildman–Crippen MR) is 105 cm³/mol. The van der Waals surface area contributed by atoms with Crippen LogP contribution in [-0.4, -0.2) is 46.9 Å². The number of likely N-dealkylation sites (N-methyl/N-ethyl adjacent to an activating group) is 1. The molecule has 2 aromatic rings. The summed E-state index contributed by atoms with van der Waals surface area (Å²) in [7, 11) is 1.66. The molecule has 0 aliphatic carbocycles. The number of imide groups is 1. The number of hydrogen-bond acceptors (Lipinski definition) is 4. The van der Waals surface area contributed by atoms with Crippen molar-refractivity contribution in [2.24, 2.45) is 0 Å². The van der Waals surface area contributed by atoms with Crippen molar-refractivity contribution in [3.63, 3.8) is 0 Å². The molecule has 0 bridgehead atoms. The summed E-state index contributed by atoms with van der Waals surface area (Å²) in [5.74, 6) is -1.41. The molecule has 0 saturated heterocycles. The van der Waals surface area contributed by atoms with E-state index in [9.17, 15) is 19.1 Å². The van der Waals surface area contributed by atoms with Gasteiger partial charge >= 0.3 is 0 Å². The SMILES string of the molecule is Cc1ccc(C2=C(N(C)CCO)C(=O)N(Cc3ccccc3F)C2=O)c(C)c1. The number of aliphatic hydroxyl groups is 1. The summed E-state index contributed by atoms with van der Waals surface area (Å²) < 4.78 is 14.1. The Hall–Kier alpha value is -2.99. The molecular formula is C22H23FN2O3. The Morgan fingerprint density at radius 3 is 2.43 bits per heavy atom. The molecule has 6 heteroatoms. The number of carbonyl (C=O) groups excluding carboxylic acids is 2. The van der Waals surface area contributed by atoms with Crippen LogP contribution in [0.5, 0.6) is 0 Å². The van der Waals surface area contributed by atoms with E-state index in [1.165, 1.54) is 6.07 Å². The Kier molecular flexibility index (Phi) is 5.61. The molecule has 1 aliphatic heterocycles. The zero-order valence-electron chi connectivity index (χ0n) is 16.2. The number of aryl methyl sites for hydroxylation is 2. The first-order chi connectivity index (χ1) is 13.3. The van der Waals surface area contributed by atoms with Crippen LogP contribution < -0.4 is 0 Å². The number of carbonyl (C=O) groups is 2. The van der Waals surface area contributed by atoms with Gasteiger partial charge in [-0.15, -0.1) is 0 Å². The molecule has 146 valence electrons. The van der Waals surface area contributed by atoms with Crippen LogP contribution in [0.4, 0.5) is 4.39 Å². The van der Waals surface area contributed by atoms with Gasteiger partial charge in [-0.05, 0) is 31.0 Å². The summed E-state index contributed by atoms with van der Waals surface area (Å²) in [6, 6.07) is 11.7. The monoisotopic (exact) mass is 382 g/mol. The number of hydrogen-bond donors (Lipinski definition) is 1. The molecule has 0 spiro atoms. The van der Waals surface area contributed by atoms with Crippen molar-refractivity contribution < 1.29 is 19.1 Å². The second-order valence-corrected chi connectivity index (χ2v) is 6.98. The van der Waals surface area contributed by atoms with E-state index < -0.39 is 17.6 Å². The lowest BCUT2D eigenvalue weighted by Crippen LogP contribution is -2.34. The maximum atomic E-state index is 14.1. The van der Waals surface area contributed by atoms with Gasteiger partial charge in [0.1, 0.15) is 11.5 Å². The molecule has 0 atom stereocenters. The molecular weight excluding hydrogens is 359 g/mol. The third-order valence-electron chi connectivity index (χ3n) is 4.90. The molecule has 2 amide bonds. The molecule has 5 nitrogen and oxygen atoms in total. The quantitative estimate of drug-likeness (QED) is 0.781. The van der Waals surface area contributed by atoms with Gasteiger partial charge < -0.3 is 10.0 Å². The summed E-state index contributed by atoms with van der Waals surface area (Å²) >= 11 is 0. The van der Waals surface area contributed by atoms with Crippen LogP contribution in [0.25, 0.3) is 5.57 Å². The lowest BCUT2D eigenvalue weighted by Gasteiger charge is -2.20. The zero-order chi connectivity index (χ0) is 20.4. The van der Waals surface area contributed by atoms with E-state index in [0.717, 1.165) is 16.0 Å². The first-order valence-electron chi connectivity index (χ1n) is 9.08. The third kappa shape index (κ3) is 3.55. The van der Waals surface area contributed by atoms with Crippen LogP contribution in [0.2, 0.25) is 0 Å². The highest BCUT2D eigenvalue weighted by atomic mass is 19.1. The second kappa shape index (κ2) is 7.94. The Balaban J connectivity index is 2.08. The first-order valence-corrected chi connectivity index (χ1v) is 9.08. The molecule has 0 fully saturated rings. The highest BCUT2D eigenvalue weighted by molar-refractivity contribution is 6.35. The lowest BCUT2D eigenvalue weighted by atomic mass is 9.97. The molecule has 0 unspecified atom stereocenters. The van der Waals surface area contributed by atoms with Crippen molar-refractivity contribution in [1.82, 2.24) is 9.80 Å². The maximum Gasteiger partial charge on any atom is 0.278 e. The van der Waals surface area contributed by atoms with Crippen molar-refractivity contribution >= 4 is 17.4 Å². The van der Waals surface area contributed by atoms with E-state index in [2.05, 4.69) is 0 Å². The van der Waals surface area contributed by atoms with E-state index >= 15 is 0 Å². The predicted octanol–water partition coefficient (Wildman–Crippen LogP) is 2.65. The van der Waals surface area contributed by atoms with Gasteiger partial charge in [0.05, 0.1) is 18.7 Å². The van der Waals surface area contributed by atoms with Gasteiger partial charge in [0, 0.05) is 19.2 Å². The van der Waals surface area contributed by atoms with Gasteiger partial charge in [-0.2, -0.15) is 0 Å². The summed E-state index contributed by atoms with van der Waals surface area (Å²) in [6.45, 7) is 3.74. The zero-order valence-corrected chi connectivity index (χ0v) is 16.2. The summed E-state index contributed by atoms with van der Waals surface area (Å²) in [4.78, 5) is 29.0. The Morgan fingerprint density at radius 2 is 1.79 bits per heavy atom. The number of halogens is 1. The van der Waals surface area contributed by atoms with E-state index in [1.807, 2.05) is 32.0 Å². The average molecular weight is 382 g/mol. The topological polar surface area (TPSA) is 60.9 Å². The first kappa shape index (κ1) is 19.8. The number of nitrogens with zero attached hydrogens (tertiary/aromatic N) is 2. The van der Waals surface area contributed by atoms with Crippen LogP contribution in [0.1, 0.15) is 22.3 Å². The smallest absolute Gasteiger partial charge is 0.278 e. The largest absolute Gasteiger partial charge is 0.395 e. The molecule has 1 N–H and O–H groups in total. The van der Waals surface area contributed by atoms with Gasteiger partial charge in [0.2, 0.25) is 0 Å². The molecule has 0 saturated carbocycles.